The average molecular weight is 253 g/mol. The number of rotatable bonds is 8. The topological polar surface area (TPSA) is 21.3 Å². The zero-order chi connectivity index (χ0) is 12.5. The van der Waals surface area contributed by atoms with Gasteiger partial charge in [-0.15, -0.1) is 11.8 Å². The van der Waals surface area contributed by atoms with E-state index in [0.29, 0.717) is 0 Å². The molecule has 96 valence electrons. The van der Waals surface area contributed by atoms with Crippen LogP contribution < -0.4 is 5.32 Å². The number of anilines is 1. The Bertz CT molecular complexity index is 315. The lowest BCUT2D eigenvalue weighted by molar-refractivity contribution is 0.132. The van der Waals surface area contributed by atoms with Gasteiger partial charge in [-0.05, 0) is 30.7 Å². The number of hydrogen-bond acceptors (Lipinski definition) is 3. The Hall–Kier alpha value is -0.670. The van der Waals surface area contributed by atoms with E-state index in [2.05, 4.69) is 49.7 Å². The highest BCUT2D eigenvalue weighted by Gasteiger charge is 1.99. The predicted octanol–water partition coefficient (Wildman–Crippen LogP) is 3.88. The van der Waals surface area contributed by atoms with Crippen molar-refractivity contribution in [1.29, 1.82) is 0 Å². The molecule has 0 radical (unpaired) electrons. The van der Waals surface area contributed by atoms with E-state index in [-0.39, 0.29) is 0 Å². The van der Waals surface area contributed by atoms with Gasteiger partial charge in [0, 0.05) is 23.7 Å². The van der Waals surface area contributed by atoms with Crippen LogP contribution in [0.15, 0.2) is 29.2 Å². The van der Waals surface area contributed by atoms with Crippen molar-refractivity contribution in [2.24, 2.45) is 5.92 Å². The highest BCUT2D eigenvalue weighted by atomic mass is 32.2. The number of thioether (sulfide) groups is 1. The number of benzene rings is 1. The van der Waals surface area contributed by atoms with E-state index in [9.17, 15) is 0 Å². The Labute approximate surface area is 109 Å². The Morgan fingerprint density at radius 3 is 2.71 bits per heavy atom. The Morgan fingerprint density at radius 1 is 1.24 bits per heavy atom. The van der Waals surface area contributed by atoms with Gasteiger partial charge in [0.1, 0.15) is 0 Å². The van der Waals surface area contributed by atoms with Crippen LogP contribution in [0.1, 0.15) is 20.3 Å². The number of ether oxygens (including phenoxy) is 1. The maximum Gasteiger partial charge on any atom is 0.0639 e. The van der Waals surface area contributed by atoms with Gasteiger partial charge in [0.05, 0.1) is 6.61 Å². The minimum Gasteiger partial charge on any atom is -0.382 e. The van der Waals surface area contributed by atoms with Gasteiger partial charge in [0.15, 0.2) is 0 Å². The maximum atomic E-state index is 5.57. The first-order valence-electron chi connectivity index (χ1n) is 6.18. The summed E-state index contributed by atoms with van der Waals surface area (Å²) in [4.78, 5) is 1.29. The molecule has 0 unspecified atom stereocenters. The van der Waals surface area contributed by atoms with E-state index in [1.165, 1.54) is 10.6 Å². The highest BCUT2D eigenvalue weighted by molar-refractivity contribution is 7.98. The Balaban J connectivity index is 2.17. The summed E-state index contributed by atoms with van der Waals surface area (Å²) in [7, 11) is 0. The molecule has 0 heterocycles. The number of para-hydroxylation sites is 1. The molecule has 1 aromatic carbocycles. The first kappa shape index (κ1) is 14.4. The highest BCUT2D eigenvalue weighted by Crippen LogP contribution is 2.24. The van der Waals surface area contributed by atoms with Gasteiger partial charge < -0.3 is 10.1 Å². The summed E-state index contributed by atoms with van der Waals surface area (Å²) >= 11 is 1.76. The van der Waals surface area contributed by atoms with E-state index in [1.807, 2.05) is 0 Å². The molecular formula is C14H23NOS. The Morgan fingerprint density at radius 2 is 2.00 bits per heavy atom. The van der Waals surface area contributed by atoms with E-state index in [0.717, 1.165) is 32.1 Å². The fraction of sp³-hybridized carbons (Fsp3) is 0.571. The largest absolute Gasteiger partial charge is 0.382 e. The van der Waals surface area contributed by atoms with Crippen molar-refractivity contribution in [3.8, 4) is 0 Å². The van der Waals surface area contributed by atoms with Crippen LogP contribution in [0.3, 0.4) is 0 Å². The first-order valence-corrected chi connectivity index (χ1v) is 7.41. The fourth-order valence-corrected chi connectivity index (χ4v) is 2.04. The van der Waals surface area contributed by atoms with Gasteiger partial charge in [0.25, 0.3) is 0 Å². The zero-order valence-electron chi connectivity index (χ0n) is 11.0. The van der Waals surface area contributed by atoms with Crippen molar-refractivity contribution in [3.63, 3.8) is 0 Å². The molecule has 0 atom stereocenters. The lowest BCUT2D eigenvalue weighted by Gasteiger charge is -2.11. The molecule has 3 heteroatoms. The fourth-order valence-electron chi connectivity index (χ4n) is 1.47. The lowest BCUT2D eigenvalue weighted by Crippen LogP contribution is -2.11. The molecule has 0 bridgehead atoms. The second kappa shape index (κ2) is 8.43. The van der Waals surface area contributed by atoms with Crippen LogP contribution in [-0.2, 0) is 4.74 Å². The average Bonchev–Trinajstić information content (AvgIpc) is 2.33. The summed E-state index contributed by atoms with van der Waals surface area (Å²) < 4.78 is 5.57. The van der Waals surface area contributed by atoms with Crippen molar-refractivity contribution in [2.45, 2.75) is 25.2 Å². The van der Waals surface area contributed by atoms with Crippen molar-refractivity contribution in [1.82, 2.24) is 0 Å². The SMILES string of the molecule is CSc1ccccc1NCCOCCC(C)C. The third-order valence-electron chi connectivity index (χ3n) is 2.51. The molecule has 0 saturated heterocycles. The van der Waals surface area contributed by atoms with Gasteiger partial charge in [-0.1, -0.05) is 26.0 Å². The van der Waals surface area contributed by atoms with Gasteiger partial charge in [-0.2, -0.15) is 0 Å². The number of nitrogens with one attached hydrogen (secondary N) is 1. The van der Waals surface area contributed by atoms with Gasteiger partial charge >= 0.3 is 0 Å². The molecular weight excluding hydrogens is 230 g/mol. The molecule has 0 aromatic heterocycles. The lowest BCUT2D eigenvalue weighted by atomic mass is 10.1. The maximum absolute atomic E-state index is 5.57. The third kappa shape index (κ3) is 5.99. The van der Waals surface area contributed by atoms with Crippen LogP contribution in [0.4, 0.5) is 5.69 Å². The van der Waals surface area contributed by atoms with E-state index in [4.69, 9.17) is 4.74 Å². The molecule has 0 aliphatic heterocycles. The summed E-state index contributed by atoms with van der Waals surface area (Å²) in [6.45, 7) is 6.95. The normalized spacial score (nSPS) is 10.8. The van der Waals surface area contributed by atoms with Crippen molar-refractivity contribution in [3.05, 3.63) is 24.3 Å². The van der Waals surface area contributed by atoms with Gasteiger partial charge in [-0.3, -0.25) is 0 Å². The molecule has 1 aromatic rings. The van der Waals surface area contributed by atoms with E-state index >= 15 is 0 Å². The molecule has 0 aliphatic carbocycles. The van der Waals surface area contributed by atoms with Gasteiger partial charge in [0.2, 0.25) is 0 Å². The molecule has 0 aliphatic rings. The smallest absolute Gasteiger partial charge is 0.0639 e. The number of hydrogen-bond donors (Lipinski definition) is 1. The van der Waals surface area contributed by atoms with Crippen LogP contribution in [0.25, 0.3) is 0 Å². The van der Waals surface area contributed by atoms with Gasteiger partial charge in [-0.25, -0.2) is 0 Å². The summed E-state index contributed by atoms with van der Waals surface area (Å²) in [5.74, 6) is 0.722. The molecule has 0 spiro atoms. The predicted molar refractivity (Wildman–Crippen MR) is 77.0 cm³/mol. The summed E-state index contributed by atoms with van der Waals surface area (Å²) in [6.07, 6.45) is 3.24. The standard InChI is InChI=1S/C14H23NOS/c1-12(2)8-10-16-11-9-15-13-6-4-5-7-14(13)17-3/h4-7,12,15H,8-11H2,1-3H3. The molecule has 1 N–H and O–H groups in total. The minimum absolute atomic E-state index is 0.722. The van der Waals surface area contributed by atoms with Crippen molar-refractivity contribution < 1.29 is 4.74 Å². The third-order valence-corrected chi connectivity index (χ3v) is 3.30. The van der Waals surface area contributed by atoms with Crippen molar-refractivity contribution in [2.75, 3.05) is 31.3 Å². The second-order valence-corrected chi connectivity index (χ2v) is 5.27. The molecule has 0 amide bonds. The second-order valence-electron chi connectivity index (χ2n) is 4.42. The van der Waals surface area contributed by atoms with E-state index < -0.39 is 0 Å². The summed E-state index contributed by atoms with van der Waals surface area (Å²) in [5.41, 5.74) is 1.20. The summed E-state index contributed by atoms with van der Waals surface area (Å²) in [5, 5.41) is 3.41. The Kier molecular flexibility index (Phi) is 7.13. The van der Waals surface area contributed by atoms with Crippen LogP contribution in [0.5, 0.6) is 0 Å². The quantitative estimate of drug-likeness (QED) is 0.561. The zero-order valence-corrected chi connectivity index (χ0v) is 11.8. The van der Waals surface area contributed by atoms with Crippen LogP contribution in [0.2, 0.25) is 0 Å². The molecule has 17 heavy (non-hydrogen) atoms. The minimum atomic E-state index is 0.722. The first-order chi connectivity index (χ1) is 8.24. The van der Waals surface area contributed by atoms with E-state index in [1.54, 1.807) is 11.8 Å². The molecule has 1 rings (SSSR count). The summed E-state index contributed by atoms with van der Waals surface area (Å²) in [6, 6.07) is 8.37. The molecule has 2 nitrogen and oxygen atoms in total. The monoisotopic (exact) mass is 253 g/mol. The van der Waals surface area contributed by atoms with Crippen LogP contribution >= 0.6 is 11.8 Å². The van der Waals surface area contributed by atoms with Crippen LogP contribution in [-0.4, -0.2) is 26.0 Å². The molecule has 0 fully saturated rings. The van der Waals surface area contributed by atoms with Crippen molar-refractivity contribution >= 4 is 17.4 Å². The molecule has 0 saturated carbocycles. The van der Waals surface area contributed by atoms with Crippen LogP contribution in [0, 0.1) is 5.92 Å².